The minimum Gasteiger partial charge on any atom is -0.481 e. The summed E-state index contributed by atoms with van der Waals surface area (Å²) < 4.78 is 31.8. The molecule has 29 heavy (non-hydrogen) atoms. The first kappa shape index (κ1) is 22.9. The molecule has 2 aromatic carbocycles. The monoisotopic (exact) mass is 418 g/mol. The molecule has 0 saturated carbocycles. The van der Waals surface area contributed by atoms with E-state index in [1.807, 2.05) is 26.0 Å². The summed E-state index contributed by atoms with van der Waals surface area (Å²) in [5.41, 5.74) is 3.29. The van der Waals surface area contributed by atoms with E-state index in [1.54, 1.807) is 13.0 Å². The summed E-state index contributed by atoms with van der Waals surface area (Å²) in [6.45, 7) is 9.62. The van der Waals surface area contributed by atoms with Crippen LogP contribution >= 0.6 is 0 Å². The molecule has 0 fully saturated rings. The van der Waals surface area contributed by atoms with Crippen LogP contribution in [0.25, 0.3) is 0 Å². The van der Waals surface area contributed by atoms with Crippen LogP contribution in [0.2, 0.25) is 0 Å². The van der Waals surface area contributed by atoms with Gasteiger partial charge in [-0.3, -0.25) is 4.79 Å². The molecule has 6 nitrogen and oxygen atoms in total. The summed E-state index contributed by atoms with van der Waals surface area (Å²) in [5.74, 6) is 0.674. The molecule has 0 saturated heterocycles. The molecule has 0 radical (unpaired) electrons. The number of ether oxygens (including phenoxy) is 1. The van der Waals surface area contributed by atoms with Gasteiger partial charge in [0, 0.05) is 19.8 Å². The zero-order valence-corrected chi connectivity index (χ0v) is 18.9. The van der Waals surface area contributed by atoms with Crippen LogP contribution in [-0.2, 0) is 14.8 Å². The topological polar surface area (TPSA) is 75.7 Å². The lowest BCUT2D eigenvalue weighted by molar-refractivity contribution is -0.122. The lowest BCUT2D eigenvalue weighted by Crippen LogP contribution is -2.31. The van der Waals surface area contributed by atoms with E-state index in [2.05, 4.69) is 25.2 Å². The van der Waals surface area contributed by atoms with Gasteiger partial charge in [-0.1, -0.05) is 32.0 Å². The van der Waals surface area contributed by atoms with Gasteiger partial charge in [0.1, 0.15) is 5.75 Å². The van der Waals surface area contributed by atoms with Gasteiger partial charge in [0.25, 0.3) is 5.91 Å². The molecule has 0 aliphatic rings. The van der Waals surface area contributed by atoms with Crippen LogP contribution < -0.4 is 10.1 Å². The zero-order valence-electron chi connectivity index (χ0n) is 18.1. The second kappa shape index (κ2) is 8.97. The molecule has 0 heterocycles. The van der Waals surface area contributed by atoms with E-state index in [0.29, 0.717) is 17.4 Å². The average Bonchev–Trinajstić information content (AvgIpc) is 2.64. The smallest absolute Gasteiger partial charge is 0.265 e. The quantitative estimate of drug-likeness (QED) is 0.735. The van der Waals surface area contributed by atoms with Crippen molar-refractivity contribution in [2.75, 3.05) is 19.4 Å². The van der Waals surface area contributed by atoms with Crippen molar-refractivity contribution in [3.05, 3.63) is 53.1 Å². The Bertz CT molecular complexity index is 998. The number of carbonyl (C=O) groups excluding carboxylic acids is 1. The maximum atomic E-state index is 12.7. The van der Waals surface area contributed by atoms with Crippen LogP contribution in [0, 0.1) is 13.8 Å². The van der Waals surface area contributed by atoms with E-state index in [4.69, 9.17) is 4.74 Å². The summed E-state index contributed by atoms with van der Waals surface area (Å²) >= 11 is 0. The van der Waals surface area contributed by atoms with E-state index in [1.165, 1.54) is 26.2 Å². The summed E-state index contributed by atoms with van der Waals surface area (Å²) in [5, 5.41) is 2.79. The highest BCUT2D eigenvalue weighted by molar-refractivity contribution is 7.89. The van der Waals surface area contributed by atoms with Crippen molar-refractivity contribution < 1.29 is 17.9 Å². The van der Waals surface area contributed by atoms with Gasteiger partial charge in [-0.25, -0.2) is 12.7 Å². The van der Waals surface area contributed by atoms with Crippen LogP contribution in [0.4, 0.5) is 5.69 Å². The van der Waals surface area contributed by atoms with Crippen LogP contribution in [-0.4, -0.2) is 38.8 Å². The second-order valence-electron chi connectivity index (χ2n) is 7.69. The first-order valence-electron chi connectivity index (χ1n) is 9.54. The van der Waals surface area contributed by atoms with E-state index in [-0.39, 0.29) is 10.8 Å². The van der Waals surface area contributed by atoms with Crippen molar-refractivity contribution in [2.24, 2.45) is 0 Å². The average molecular weight is 419 g/mol. The Morgan fingerprint density at radius 3 is 2.21 bits per heavy atom. The first-order valence-corrected chi connectivity index (χ1v) is 11.0. The van der Waals surface area contributed by atoms with Crippen molar-refractivity contribution in [3.8, 4) is 5.75 Å². The largest absolute Gasteiger partial charge is 0.481 e. The predicted octanol–water partition coefficient (Wildman–Crippen LogP) is 4.08. The summed E-state index contributed by atoms with van der Waals surface area (Å²) in [6, 6.07) is 10.7. The normalized spacial score (nSPS) is 12.9. The first-order chi connectivity index (χ1) is 13.4. The van der Waals surface area contributed by atoms with Crippen LogP contribution in [0.15, 0.2) is 41.3 Å². The van der Waals surface area contributed by atoms with Gasteiger partial charge >= 0.3 is 0 Å². The number of aryl methyl sites for hydroxylation is 2. The number of hydrogen-bond donors (Lipinski definition) is 1. The third kappa shape index (κ3) is 5.36. The lowest BCUT2D eigenvalue weighted by atomic mass is 10.0. The Morgan fingerprint density at radius 1 is 1.00 bits per heavy atom. The van der Waals surface area contributed by atoms with Gasteiger partial charge in [0.15, 0.2) is 6.10 Å². The van der Waals surface area contributed by atoms with Crippen LogP contribution in [0.1, 0.15) is 43.4 Å². The van der Waals surface area contributed by atoms with Gasteiger partial charge < -0.3 is 10.1 Å². The van der Waals surface area contributed by atoms with Crippen molar-refractivity contribution >= 4 is 21.6 Å². The van der Waals surface area contributed by atoms with Gasteiger partial charge in [-0.15, -0.1) is 0 Å². The molecule has 158 valence electrons. The molecular formula is C22H30N2O4S. The molecule has 0 aliphatic carbocycles. The van der Waals surface area contributed by atoms with Crippen LogP contribution in [0.5, 0.6) is 5.75 Å². The molecule has 1 amide bonds. The minimum atomic E-state index is -3.59. The summed E-state index contributed by atoms with van der Waals surface area (Å²) in [4.78, 5) is 12.8. The molecule has 0 bridgehead atoms. The maximum absolute atomic E-state index is 12.7. The van der Waals surface area contributed by atoms with E-state index < -0.39 is 16.1 Å². The van der Waals surface area contributed by atoms with Crippen molar-refractivity contribution in [1.82, 2.24) is 4.31 Å². The lowest BCUT2D eigenvalue weighted by Gasteiger charge is -2.19. The van der Waals surface area contributed by atoms with Gasteiger partial charge in [0.2, 0.25) is 10.0 Å². The molecule has 0 aliphatic heterocycles. The fourth-order valence-corrected chi connectivity index (χ4v) is 3.62. The highest BCUT2D eigenvalue weighted by Gasteiger charge is 2.21. The standard InChI is InChI=1S/C22H30N2O4S/c1-14(2)18-10-8-16(4)21(12-18)28-17(5)22(25)23-20-13-19(11-9-15(20)3)29(26,27)24(6)7/h8-14,17H,1-7H3,(H,23,25). The highest BCUT2D eigenvalue weighted by Crippen LogP contribution is 2.26. The Labute approximate surface area is 173 Å². The Kier molecular flexibility index (Phi) is 7.08. The Hall–Kier alpha value is -2.38. The molecule has 7 heteroatoms. The second-order valence-corrected chi connectivity index (χ2v) is 9.84. The fourth-order valence-electron chi connectivity index (χ4n) is 2.69. The number of carbonyl (C=O) groups is 1. The Balaban J connectivity index is 2.21. The van der Waals surface area contributed by atoms with Crippen LogP contribution in [0.3, 0.4) is 0 Å². The molecule has 0 aromatic heterocycles. The highest BCUT2D eigenvalue weighted by atomic mass is 32.2. The molecule has 2 rings (SSSR count). The zero-order chi connectivity index (χ0) is 21.9. The Morgan fingerprint density at radius 2 is 1.62 bits per heavy atom. The SMILES string of the molecule is Cc1ccc(S(=O)(=O)N(C)C)cc1NC(=O)C(C)Oc1cc(C(C)C)ccc1C. The molecule has 1 unspecified atom stereocenters. The number of benzene rings is 2. The molecular weight excluding hydrogens is 388 g/mol. The van der Waals surface area contributed by atoms with Crippen molar-refractivity contribution in [3.63, 3.8) is 0 Å². The number of rotatable bonds is 7. The minimum absolute atomic E-state index is 0.123. The molecule has 1 atom stereocenters. The summed E-state index contributed by atoms with van der Waals surface area (Å²) in [6.07, 6.45) is -0.746. The van der Waals surface area contributed by atoms with E-state index >= 15 is 0 Å². The van der Waals surface area contributed by atoms with E-state index in [0.717, 1.165) is 21.0 Å². The number of nitrogens with one attached hydrogen (secondary N) is 1. The van der Waals surface area contributed by atoms with Gasteiger partial charge in [-0.2, -0.15) is 0 Å². The number of nitrogens with zero attached hydrogens (tertiary/aromatic N) is 1. The fraction of sp³-hybridized carbons (Fsp3) is 0.409. The number of amides is 1. The number of sulfonamides is 1. The predicted molar refractivity (Wildman–Crippen MR) is 116 cm³/mol. The third-order valence-corrected chi connectivity index (χ3v) is 6.61. The number of hydrogen-bond acceptors (Lipinski definition) is 4. The molecule has 2 aromatic rings. The summed E-state index contributed by atoms with van der Waals surface area (Å²) in [7, 11) is -0.650. The van der Waals surface area contributed by atoms with Gasteiger partial charge in [0.05, 0.1) is 4.90 Å². The number of anilines is 1. The van der Waals surface area contributed by atoms with Crippen molar-refractivity contribution in [1.29, 1.82) is 0 Å². The molecule has 0 spiro atoms. The van der Waals surface area contributed by atoms with Gasteiger partial charge in [-0.05, 0) is 61.6 Å². The maximum Gasteiger partial charge on any atom is 0.265 e. The third-order valence-electron chi connectivity index (χ3n) is 4.80. The molecule has 1 N–H and O–H groups in total. The van der Waals surface area contributed by atoms with E-state index in [9.17, 15) is 13.2 Å². The van der Waals surface area contributed by atoms with Crippen molar-refractivity contribution in [2.45, 2.75) is 51.5 Å².